The fourth-order valence-corrected chi connectivity index (χ4v) is 3.90. The Morgan fingerprint density at radius 1 is 0.933 bits per heavy atom. The first kappa shape index (κ1) is 20.3. The number of amides is 2. The molecule has 3 aromatic rings. The molecule has 1 aliphatic heterocycles. The van der Waals surface area contributed by atoms with Crippen molar-refractivity contribution in [3.05, 3.63) is 75.5 Å². The molecule has 6 nitrogen and oxygen atoms in total. The van der Waals surface area contributed by atoms with Crippen LogP contribution in [0.2, 0.25) is 10.0 Å². The summed E-state index contributed by atoms with van der Waals surface area (Å²) in [4.78, 5) is 32.0. The number of benzene rings is 2. The number of fused-ring (bicyclic) bond motifs is 1. The molecule has 0 aliphatic carbocycles. The fourth-order valence-electron chi connectivity index (χ4n) is 3.52. The van der Waals surface area contributed by atoms with Gasteiger partial charge in [0.05, 0.1) is 5.70 Å². The molecule has 0 radical (unpaired) electrons. The van der Waals surface area contributed by atoms with Gasteiger partial charge in [0, 0.05) is 47.1 Å². The van der Waals surface area contributed by atoms with Gasteiger partial charge in [-0.2, -0.15) is 0 Å². The lowest BCUT2D eigenvalue weighted by Crippen LogP contribution is -2.51. The van der Waals surface area contributed by atoms with Crippen LogP contribution in [-0.4, -0.2) is 52.8 Å². The van der Waals surface area contributed by atoms with Crippen LogP contribution in [0.1, 0.15) is 16.1 Å². The van der Waals surface area contributed by atoms with E-state index in [4.69, 9.17) is 28.9 Å². The van der Waals surface area contributed by atoms with Crippen molar-refractivity contribution in [1.29, 1.82) is 0 Å². The summed E-state index contributed by atoms with van der Waals surface area (Å²) < 4.78 is 0. The minimum absolute atomic E-state index is 0.100. The topological polar surface area (TPSA) is 82.4 Å². The van der Waals surface area contributed by atoms with E-state index in [2.05, 4.69) is 4.98 Å². The highest BCUT2D eigenvalue weighted by Gasteiger charge is 2.26. The van der Waals surface area contributed by atoms with Crippen molar-refractivity contribution >= 4 is 52.0 Å². The molecule has 2 aromatic carbocycles. The lowest BCUT2D eigenvalue weighted by Gasteiger charge is -2.34. The number of hydrogen-bond donors (Lipinski definition) is 2. The lowest BCUT2D eigenvalue weighted by atomic mass is 10.1. The maximum absolute atomic E-state index is 12.8. The predicted octanol–water partition coefficient (Wildman–Crippen LogP) is 3.76. The molecule has 1 aromatic heterocycles. The van der Waals surface area contributed by atoms with Gasteiger partial charge in [-0.25, -0.2) is 0 Å². The second kappa shape index (κ2) is 8.42. The third kappa shape index (κ3) is 4.30. The van der Waals surface area contributed by atoms with Crippen LogP contribution in [0.25, 0.3) is 17.0 Å². The second-order valence-electron chi connectivity index (χ2n) is 7.15. The predicted molar refractivity (Wildman–Crippen MR) is 119 cm³/mol. The SMILES string of the molecule is N/C(=C\c1cccc(Cl)c1)C(=O)N1CCN(C(=O)c2cc3cc(Cl)ccc3[nH]2)CC1. The highest BCUT2D eigenvalue weighted by Crippen LogP contribution is 2.21. The molecule has 0 bridgehead atoms. The summed E-state index contributed by atoms with van der Waals surface area (Å²) in [5, 5.41) is 2.09. The molecule has 8 heteroatoms. The monoisotopic (exact) mass is 442 g/mol. The molecule has 30 heavy (non-hydrogen) atoms. The molecular formula is C22H20Cl2N4O2. The second-order valence-corrected chi connectivity index (χ2v) is 8.03. The summed E-state index contributed by atoms with van der Waals surface area (Å²) in [7, 11) is 0. The van der Waals surface area contributed by atoms with Crippen molar-refractivity contribution in [2.24, 2.45) is 5.73 Å². The van der Waals surface area contributed by atoms with Gasteiger partial charge in [-0.15, -0.1) is 0 Å². The van der Waals surface area contributed by atoms with Gasteiger partial charge in [-0.3, -0.25) is 9.59 Å². The number of nitrogens with zero attached hydrogens (tertiary/aromatic N) is 2. The van der Waals surface area contributed by atoms with Crippen LogP contribution in [-0.2, 0) is 4.79 Å². The van der Waals surface area contributed by atoms with Gasteiger partial charge < -0.3 is 20.5 Å². The maximum Gasteiger partial charge on any atom is 0.270 e. The summed E-state index contributed by atoms with van der Waals surface area (Å²) in [5.74, 6) is -0.348. The van der Waals surface area contributed by atoms with Gasteiger partial charge in [0.25, 0.3) is 11.8 Å². The zero-order valence-corrected chi connectivity index (χ0v) is 17.6. The fraction of sp³-hybridized carbons (Fsp3) is 0.182. The van der Waals surface area contributed by atoms with Crippen LogP contribution in [0.5, 0.6) is 0 Å². The molecule has 0 saturated carbocycles. The highest BCUT2D eigenvalue weighted by molar-refractivity contribution is 6.31. The van der Waals surface area contributed by atoms with Gasteiger partial charge in [0.2, 0.25) is 0 Å². The summed E-state index contributed by atoms with van der Waals surface area (Å²) >= 11 is 12.0. The number of aromatic amines is 1. The standard InChI is InChI=1S/C22H20Cl2N4O2/c23-16-3-1-2-14(10-16)11-18(25)21(29)27-6-8-28(9-7-27)22(30)20-13-15-12-17(24)4-5-19(15)26-20/h1-5,10-13,26H,6-9,25H2/b18-11-. The average molecular weight is 443 g/mol. The van der Waals surface area contributed by atoms with Crippen molar-refractivity contribution in [3.8, 4) is 0 Å². The number of piperazine rings is 1. The first-order valence-corrected chi connectivity index (χ1v) is 10.3. The zero-order chi connectivity index (χ0) is 21.3. The average Bonchev–Trinajstić information content (AvgIpc) is 3.16. The van der Waals surface area contributed by atoms with Gasteiger partial charge >= 0.3 is 0 Å². The largest absolute Gasteiger partial charge is 0.394 e. The Balaban J connectivity index is 1.40. The van der Waals surface area contributed by atoms with Gasteiger partial charge in [0.1, 0.15) is 5.69 Å². The van der Waals surface area contributed by atoms with Gasteiger partial charge in [-0.1, -0.05) is 35.3 Å². The van der Waals surface area contributed by atoms with Crippen LogP contribution < -0.4 is 5.73 Å². The number of aromatic nitrogens is 1. The van der Waals surface area contributed by atoms with Crippen molar-refractivity contribution in [2.75, 3.05) is 26.2 Å². The van der Waals surface area contributed by atoms with E-state index >= 15 is 0 Å². The number of rotatable bonds is 3. The van der Waals surface area contributed by atoms with Crippen molar-refractivity contribution in [1.82, 2.24) is 14.8 Å². The van der Waals surface area contributed by atoms with Crippen LogP contribution in [0.3, 0.4) is 0 Å². The Morgan fingerprint density at radius 2 is 1.63 bits per heavy atom. The van der Waals surface area contributed by atoms with Gasteiger partial charge in [-0.05, 0) is 48.0 Å². The van der Waals surface area contributed by atoms with E-state index in [1.807, 2.05) is 18.2 Å². The molecule has 1 aliphatic rings. The molecule has 1 fully saturated rings. The summed E-state index contributed by atoms with van der Waals surface area (Å²) in [6, 6.07) is 14.4. The molecule has 0 spiro atoms. The van der Waals surface area contributed by atoms with Crippen molar-refractivity contribution in [3.63, 3.8) is 0 Å². The Labute approximate surface area is 183 Å². The van der Waals surface area contributed by atoms with Crippen LogP contribution in [0.15, 0.2) is 54.2 Å². The molecule has 2 amide bonds. The molecular weight excluding hydrogens is 423 g/mol. The van der Waals surface area contributed by atoms with E-state index in [1.54, 1.807) is 46.2 Å². The van der Waals surface area contributed by atoms with E-state index in [9.17, 15) is 9.59 Å². The quantitative estimate of drug-likeness (QED) is 0.605. The first-order chi connectivity index (χ1) is 14.4. The minimum atomic E-state index is -0.248. The third-order valence-electron chi connectivity index (χ3n) is 5.09. The highest BCUT2D eigenvalue weighted by atomic mass is 35.5. The Kier molecular flexibility index (Phi) is 5.70. The molecule has 0 atom stereocenters. The molecule has 4 rings (SSSR count). The molecule has 2 heterocycles. The van der Waals surface area contributed by atoms with Crippen LogP contribution in [0.4, 0.5) is 0 Å². The number of hydrogen-bond acceptors (Lipinski definition) is 3. The molecule has 0 unspecified atom stereocenters. The van der Waals surface area contributed by atoms with E-state index in [0.717, 1.165) is 16.5 Å². The van der Waals surface area contributed by atoms with E-state index in [0.29, 0.717) is 41.9 Å². The Morgan fingerprint density at radius 3 is 2.37 bits per heavy atom. The third-order valence-corrected chi connectivity index (χ3v) is 5.56. The minimum Gasteiger partial charge on any atom is -0.394 e. The number of nitrogens with two attached hydrogens (primary N) is 1. The summed E-state index contributed by atoms with van der Waals surface area (Å²) in [6.45, 7) is 1.71. The van der Waals surface area contributed by atoms with Crippen LogP contribution in [0, 0.1) is 0 Å². The van der Waals surface area contributed by atoms with Crippen molar-refractivity contribution < 1.29 is 9.59 Å². The number of nitrogens with one attached hydrogen (secondary N) is 1. The zero-order valence-electron chi connectivity index (χ0n) is 16.1. The van der Waals surface area contributed by atoms with E-state index in [1.165, 1.54) is 0 Å². The Hall–Kier alpha value is -2.96. The summed E-state index contributed by atoms with van der Waals surface area (Å²) in [6.07, 6.45) is 1.61. The lowest BCUT2D eigenvalue weighted by molar-refractivity contribution is -0.128. The molecule has 3 N–H and O–H groups in total. The summed E-state index contributed by atoms with van der Waals surface area (Å²) in [5.41, 5.74) is 8.27. The van der Waals surface area contributed by atoms with Gasteiger partial charge in [0.15, 0.2) is 0 Å². The normalized spacial score (nSPS) is 14.9. The van der Waals surface area contributed by atoms with E-state index < -0.39 is 0 Å². The molecule has 1 saturated heterocycles. The first-order valence-electron chi connectivity index (χ1n) is 9.50. The smallest absolute Gasteiger partial charge is 0.270 e. The molecule has 154 valence electrons. The number of H-pyrrole nitrogens is 1. The Bertz CT molecular complexity index is 1150. The number of carbonyl (C=O) groups is 2. The van der Waals surface area contributed by atoms with Crippen LogP contribution >= 0.6 is 23.2 Å². The van der Waals surface area contributed by atoms with Crippen molar-refractivity contribution in [2.45, 2.75) is 0 Å². The van der Waals surface area contributed by atoms with E-state index in [-0.39, 0.29) is 17.5 Å². The number of carbonyl (C=O) groups excluding carboxylic acids is 2. The maximum atomic E-state index is 12.8. The number of halogens is 2.